The lowest BCUT2D eigenvalue weighted by Gasteiger charge is -2.08. The number of benzene rings is 2. The van der Waals surface area contributed by atoms with Crippen LogP contribution >= 0.6 is 11.8 Å². The molecule has 0 radical (unpaired) electrons. The Morgan fingerprint density at radius 2 is 1.65 bits per heavy atom. The van der Waals surface area contributed by atoms with Gasteiger partial charge in [-0.3, -0.25) is 9.59 Å². The fraction of sp³-hybridized carbons (Fsp3) is 0.222. The zero-order valence-electron chi connectivity index (χ0n) is 13.0. The SMILES string of the molecule is CCSc1ccc(CNC(=O)CNC(=O)c2ccccc2)cc1. The van der Waals surface area contributed by atoms with Crippen molar-refractivity contribution in [1.29, 1.82) is 0 Å². The second kappa shape index (κ2) is 9.00. The van der Waals surface area contributed by atoms with Crippen molar-refractivity contribution in [2.24, 2.45) is 0 Å². The molecule has 0 aliphatic rings. The smallest absolute Gasteiger partial charge is 0.251 e. The van der Waals surface area contributed by atoms with Crippen LogP contribution < -0.4 is 10.6 Å². The van der Waals surface area contributed by atoms with E-state index in [1.807, 2.05) is 30.3 Å². The third-order valence-electron chi connectivity index (χ3n) is 3.17. The summed E-state index contributed by atoms with van der Waals surface area (Å²) in [6.07, 6.45) is 0. The molecule has 0 atom stereocenters. The Morgan fingerprint density at radius 3 is 2.30 bits per heavy atom. The predicted molar refractivity (Wildman–Crippen MR) is 93.5 cm³/mol. The van der Waals surface area contributed by atoms with Crippen LogP contribution in [0.4, 0.5) is 0 Å². The number of carbonyl (C=O) groups excluding carboxylic acids is 2. The summed E-state index contributed by atoms with van der Waals surface area (Å²) in [6, 6.07) is 16.9. The van der Waals surface area contributed by atoms with Crippen LogP contribution in [0, 0.1) is 0 Å². The van der Waals surface area contributed by atoms with Gasteiger partial charge in [-0.25, -0.2) is 0 Å². The summed E-state index contributed by atoms with van der Waals surface area (Å²) < 4.78 is 0. The van der Waals surface area contributed by atoms with Crippen molar-refractivity contribution >= 4 is 23.6 Å². The third-order valence-corrected chi connectivity index (χ3v) is 4.06. The Bertz CT molecular complexity index is 642. The molecule has 0 saturated heterocycles. The molecule has 2 aromatic carbocycles. The minimum Gasteiger partial charge on any atom is -0.350 e. The van der Waals surface area contributed by atoms with E-state index in [2.05, 4.69) is 17.6 Å². The van der Waals surface area contributed by atoms with Crippen LogP contribution in [0.1, 0.15) is 22.8 Å². The van der Waals surface area contributed by atoms with Gasteiger partial charge < -0.3 is 10.6 Å². The van der Waals surface area contributed by atoms with Crippen LogP contribution in [-0.2, 0) is 11.3 Å². The highest BCUT2D eigenvalue weighted by Crippen LogP contribution is 2.17. The van der Waals surface area contributed by atoms with Gasteiger partial charge in [-0.15, -0.1) is 11.8 Å². The molecule has 5 heteroatoms. The highest BCUT2D eigenvalue weighted by Gasteiger charge is 2.07. The van der Waals surface area contributed by atoms with Crippen molar-refractivity contribution in [3.8, 4) is 0 Å². The Balaban J connectivity index is 1.73. The van der Waals surface area contributed by atoms with Crippen LogP contribution in [0.2, 0.25) is 0 Å². The molecule has 2 rings (SSSR count). The van der Waals surface area contributed by atoms with Crippen molar-refractivity contribution < 1.29 is 9.59 Å². The first-order valence-electron chi connectivity index (χ1n) is 7.50. The molecule has 0 aromatic heterocycles. The molecule has 0 aliphatic heterocycles. The van der Waals surface area contributed by atoms with Gasteiger partial charge in [-0.1, -0.05) is 37.3 Å². The molecule has 2 amide bonds. The van der Waals surface area contributed by atoms with Crippen molar-refractivity contribution in [3.63, 3.8) is 0 Å². The van der Waals surface area contributed by atoms with E-state index in [0.29, 0.717) is 12.1 Å². The van der Waals surface area contributed by atoms with Crippen LogP contribution in [0.15, 0.2) is 59.5 Å². The topological polar surface area (TPSA) is 58.2 Å². The van der Waals surface area contributed by atoms with Gasteiger partial charge >= 0.3 is 0 Å². The average Bonchev–Trinajstić information content (AvgIpc) is 2.60. The molecule has 0 fully saturated rings. The first-order valence-corrected chi connectivity index (χ1v) is 8.49. The number of nitrogens with one attached hydrogen (secondary N) is 2. The van der Waals surface area contributed by atoms with Gasteiger partial charge in [0.15, 0.2) is 0 Å². The zero-order valence-corrected chi connectivity index (χ0v) is 13.9. The molecule has 2 aromatic rings. The van der Waals surface area contributed by atoms with Crippen LogP contribution in [0.25, 0.3) is 0 Å². The lowest BCUT2D eigenvalue weighted by Crippen LogP contribution is -2.36. The van der Waals surface area contributed by atoms with Crippen molar-refractivity contribution in [3.05, 3.63) is 65.7 Å². The summed E-state index contributed by atoms with van der Waals surface area (Å²) in [7, 11) is 0. The number of carbonyl (C=O) groups is 2. The first-order chi connectivity index (χ1) is 11.2. The van der Waals surface area contributed by atoms with Crippen LogP contribution in [0.3, 0.4) is 0 Å². The van der Waals surface area contributed by atoms with Gasteiger partial charge in [-0.05, 0) is 35.6 Å². The molecular weight excluding hydrogens is 308 g/mol. The van der Waals surface area contributed by atoms with Gasteiger partial charge in [0.25, 0.3) is 5.91 Å². The van der Waals surface area contributed by atoms with E-state index in [1.54, 1.807) is 36.0 Å². The number of amides is 2. The fourth-order valence-electron chi connectivity index (χ4n) is 1.99. The maximum absolute atomic E-state index is 11.8. The first kappa shape index (κ1) is 17.1. The summed E-state index contributed by atoms with van der Waals surface area (Å²) >= 11 is 1.78. The van der Waals surface area contributed by atoms with Crippen molar-refractivity contribution in [2.45, 2.75) is 18.4 Å². The van der Waals surface area contributed by atoms with E-state index >= 15 is 0 Å². The lowest BCUT2D eigenvalue weighted by atomic mass is 10.2. The molecule has 23 heavy (non-hydrogen) atoms. The Labute approximate surface area is 140 Å². The monoisotopic (exact) mass is 328 g/mol. The Hall–Kier alpha value is -2.27. The van der Waals surface area contributed by atoms with E-state index in [4.69, 9.17) is 0 Å². The number of hydrogen-bond donors (Lipinski definition) is 2. The molecule has 0 aliphatic carbocycles. The van der Waals surface area contributed by atoms with Gasteiger partial charge in [0.1, 0.15) is 0 Å². The van der Waals surface area contributed by atoms with E-state index in [0.717, 1.165) is 11.3 Å². The maximum atomic E-state index is 11.8. The lowest BCUT2D eigenvalue weighted by molar-refractivity contribution is -0.120. The molecule has 0 spiro atoms. The Kier molecular flexibility index (Phi) is 6.69. The van der Waals surface area contributed by atoms with Gasteiger partial charge in [0.2, 0.25) is 5.91 Å². The van der Waals surface area contributed by atoms with Gasteiger partial charge in [0.05, 0.1) is 6.54 Å². The second-order valence-corrected chi connectivity index (χ2v) is 6.24. The molecule has 2 N–H and O–H groups in total. The summed E-state index contributed by atoms with van der Waals surface area (Å²) in [5, 5.41) is 5.40. The summed E-state index contributed by atoms with van der Waals surface area (Å²) in [5.41, 5.74) is 1.58. The number of hydrogen-bond acceptors (Lipinski definition) is 3. The van der Waals surface area contributed by atoms with Crippen molar-refractivity contribution in [2.75, 3.05) is 12.3 Å². The van der Waals surface area contributed by atoms with Gasteiger partial charge in [-0.2, -0.15) is 0 Å². The fourth-order valence-corrected chi connectivity index (χ4v) is 2.65. The molecular formula is C18H20N2O2S. The highest BCUT2D eigenvalue weighted by molar-refractivity contribution is 7.99. The molecule has 0 saturated carbocycles. The predicted octanol–water partition coefficient (Wildman–Crippen LogP) is 2.84. The zero-order chi connectivity index (χ0) is 16.5. The second-order valence-electron chi connectivity index (χ2n) is 4.90. The third kappa shape index (κ3) is 5.79. The largest absolute Gasteiger partial charge is 0.350 e. The highest BCUT2D eigenvalue weighted by atomic mass is 32.2. The standard InChI is InChI=1S/C18H20N2O2S/c1-2-23-16-10-8-14(9-11-16)12-19-17(21)13-20-18(22)15-6-4-3-5-7-15/h3-11H,2,12-13H2,1H3,(H,19,21)(H,20,22). The van der Waals surface area contributed by atoms with E-state index in [9.17, 15) is 9.59 Å². The molecule has 0 bridgehead atoms. The molecule has 120 valence electrons. The van der Waals surface area contributed by atoms with E-state index in [1.165, 1.54) is 4.90 Å². The quantitative estimate of drug-likeness (QED) is 0.769. The van der Waals surface area contributed by atoms with Crippen LogP contribution in [-0.4, -0.2) is 24.1 Å². The van der Waals surface area contributed by atoms with Gasteiger partial charge in [0, 0.05) is 17.0 Å². The molecule has 4 nitrogen and oxygen atoms in total. The number of rotatable bonds is 7. The maximum Gasteiger partial charge on any atom is 0.251 e. The summed E-state index contributed by atoms with van der Waals surface area (Å²) in [6.45, 7) is 2.54. The minimum atomic E-state index is -0.248. The van der Waals surface area contributed by atoms with E-state index in [-0.39, 0.29) is 18.4 Å². The Morgan fingerprint density at radius 1 is 0.957 bits per heavy atom. The molecule has 0 unspecified atom stereocenters. The number of thioether (sulfide) groups is 1. The molecule has 0 heterocycles. The summed E-state index contributed by atoms with van der Waals surface area (Å²) in [4.78, 5) is 24.8. The van der Waals surface area contributed by atoms with E-state index < -0.39 is 0 Å². The summed E-state index contributed by atoms with van der Waals surface area (Å²) in [5.74, 6) is 0.583. The van der Waals surface area contributed by atoms with Crippen molar-refractivity contribution in [1.82, 2.24) is 10.6 Å². The average molecular weight is 328 g/mol. The normalized spacial score (nSPS) is 10.1. The van der Waals surface area contributed by atoms with Crippen LogP contribution in [0.5, 0.6) is 0 Å². The minimum absolute atomic E-state index is 0.0303.